The summed E-state index contributed by atoms with van der Waals surface area (Å²) in [7, 11) is 0. The lowest BCUT2D eigenvalue weighted by Crippen LogP contribution is -2.48. The van der Waals surface area contributed by atoms with E-state index in [0.717, 1.165) is 6.54 Å². The summed E-state index contributed by atoms with van der Waals surface area (Å²) in [5, 5.41) is 0. The number of carbonyl (C=O) groups excluding carboxylic acids is 1. The van der Waals surface area contributed by atoms with Crippen LogP contribution in [-0.2, 0) is 4.74 Å². The lowest BCUT2D eigenvalue weighted by molar-refractivity contribution is 0.148. The molecule has 2 heterocycles. The molecule has 1 atom stereocenters. The average molecular weight is 177 g/mol. The van der Waals surface area contributed by atoms with Gasteiger partial charge in [-0.1, -0.05) is 0 Å². The highest BCUT2D eigenvalue weighted by atomic mass is 35.5. The largest absolute Gasteiger partial charge is 0.447 e. The molecule has 1 amide bonds. The van der Waals surface area contributed by atoms with Crippen LogP contribution in [0.2, 0.25) is 0 Å². The Morgan fingerprint density at radius 2 is 2.36 bits per heavy atom. The van der Waals surface area contributed by atoms with Crippen molar-refractivity contribution < 1.29 is 9.53 Å². The highest BCUT2D eigenvalue weighted by molar-refractivity contribution is 6.13. The van der Waals surface area contributed by atoms with Gasteiger partial charge in [0.2, 0.25) is 0 Å². The van der Waals surface area contributed by atoms with Crippen molar-refractivity contribution in [1.29, 1.82) is 0 Å². The first-order valence-corrected chi connectivity index (χ1v) is 3.95. The zero-order valence-corrected chi connectivity index (χ0v) is 6.75. The predicted molar refractivity (Wildman–Crippen MR) is 39.3 cm³/mol. The SMILES string of the molecule is O=C1OC[C@H]2CN(Cl)CCN12. The zero-order chi connectivity index (χ0) is 7.84. The quantitative estimate of drug-likeness (QED) is 0.497. The van der Waals surface area contributed by atoms with E-state index in [1.54, 1.807) is 9.32 Å². The second kappa shape index (κ2) is 2.53. The van der Waals surface area contributed by atoms with E-state index in [0.29, 0.717) is 19.7 Å². The third-order valence-corrected chi connectivity index (χ3v) is 2.37. The van der Waals surface area contributed by atoms with Crippen LogP contribution in [0, 0.1) is 0 Å². The van der Waals surface area contributed by atoms with Gasteiger partial charge in [0.1, 0.15) is 6.61 Å². The molecule has 0 saturated carbocycles. The Hall–Kier alpha value is -0.480. The van der Waals surface area contributed by atoms with Crippen molar-refractivity contribution in [2.75, 3.05) is 26.2 Å². The van der Waals surface area contributed by atoms with Gasteiger partial charge in [-0.15, -0.1) is 0 Å². The maximum Gasteiger partial charge on any atom is 0.410 e. The maximum absolute atomic E-state index is 11.0. The molecule has 4 nitrogen and oxygen atoms in total. The number of fused-ring (bicyclic) bond motifs is 1. The molecule has 2 aliphatic heterocycles. The first-order valence-electron chi connectivity index (χ1n) is 3.61. The molecule has 2 aliphatic rings. The molecule has 5 heteroatoms. The van der Waals surface area contributed by atoms with E-state index in [2.05, 4.69) is 0 Å². The molecule has 11 heavy (non-hydrogen) atoms. The number of piperazine rings is 1. The fraction of sp³-hybridized carbons (Fsp3) is 0.833. The average Bonchev–Trinajstić information content (AvgIpc) is 2.32. The minimum Gasteiger partial charge on any atom is -0.447 e. The van der Waals surface area contributed by atoms with Crippen molar-refractivity contribution in [2.24, 2.45) is 0 Å². The maximum atomic E-state index is 11.0. The third kappa shape index (κ3) is 1.16. The molecule has 0 bridgehead atoms. The van der Waals surface area contributed by atoms with E-state index in [-0.39, 0.29) is 12.1 Å². The van der Waals surface area contributed by atoms with Gasteiger partial charge in [0, 0.05) is 19.6 Å². The number of rotatable bonds is 0. The minimum absolute atomic E-state index is 0.175. The van der Waals surface area contributed by atoms with Gasteiger partial charge in [0.15, 0.2) is 0 Å². The Balaban J connectivity index is 2.06. The number of carbonyl (C=O) groups is 1. The van der Waals surface area contributed by atoms with Crippen LogP contribution in [0.5, 0.6) is 0 Å². The first kappa shape index (κ1) is 7.18. The first-order chi connectivity index (χ1) is 5.27. The van der Waals surface area contributed by atoms with Gasteiger partial charge in [-0.05, 0) is 11.8 Å². The molecule has 0 N–H and O–H groups in total. The summed E-state index contributed by atoms with van der Waals surface area (Å²) in [6.07, 6.45) is -0.195. The molecule has 0 aromatic heterocycles. The van der Waals surface area contributed by atoms with Gasteiger partial charge in [0.25, 0.3) is 0 Å². The van der Waals surface area contributed by atoms with Gasteiger partial charge < -0.3 is 4.74 Å². The lowest BCUT2D eigenvalue weighted by Gasteiger charge is -2.30. The van der Waals surface area contributed by atoms with Crippen LogP contribution in [0.4, 0.5) is 4.79 Å². The van der Waals surface area contributed by atoms with Crippen molar-refractivity contribution in [2.45, 2.75) is 6.04 Å². The molecular weight excluding hydrogens is 168 g/mol. The monoisotopic (exact) mass is 176 g/mol. The molecule has 2 fully saturated rings. The summed E-state index contributed by atoms with van der Waals surface area (Å²) in [5.41, 5.74) is 0. The van der Waals surface area contributed by atoms with Crippen molar-refractivity contribution in [1.82, 2.24) is 9.32 Å². The van der Waals surface area contributed by atoms with Crippen LogP contribution in [0.15, 0.2) is 0 Å². The molecular formula is C6H9ClN2O2. The summed E-state index contributed by atoms with van der Waals surface area (Å²) < 4.78 is 6.55. The topological polar surface area (TPSA) is 32.8 Å². The summed E-state index contributed by atoms with van der Waals surface area (Å²) in [6.45, 7) is 2.62. The Morgan fingerprint density at radius 3 is 3.18 bits per heavy atom. The molecule has 0 spiro atoms. The second-order valence-corrected chi connectivity index (χ2v) is 3.27. The van der Waals surface area contributed by atoms with E-state index in [1.165, 1.54) is 0 Å². The smallest absolute Gasteiger partial charge is 0.410 e. The molecule has 0 unspecified atom stereocenters. The summed E-state index contributed by atoms with van der Waals surface area (Å²) >= 11 is 5.77. The Labute approximate surface area is 69.8 Å². The number of cyclic esters (lactones) is 1. The highest BCUT2D eigenvalue weighted by Gasteiger charge is 2.36. The van der Waals surface area contributed by atoms with Gasteiger partial charge in [-0.2, -0.15) is 0 Å². The molecule has 2 rings (SSSR count). The van der Waals surface area contributed by atoms with Crippen LogP contribution in [0.3, 0.4) is 0 Å². The van der Waals surface area contributed by atoms with Crippen LogP contribution in [-0.4, -0.2) is 47.7 Å². The van der Waals surface area contributed by atoms with E-state index in [9.17, 15) is 4.79 Å². The van der Waals surface area contributed by atoms with E-state index in [4.69, 9.17) is 16.5 Å². The molecule has 0 aliphatic carbocycles. The fourth-order valence-electron chi connectivity index (χ4n) is 1.45. The normalized spacial score (nSPS) is 31.9. The molecule has 0 aromatic carbocycles. The standard InChI is InChI=1S/C6H9ClN2O2/c7-8-1-2-9-5(3-8)4-11-6(9)10/h5H,1-4H2/t5-/m1/s1. The number of amides is 1. The minimum atomic E-state index is -0.195. The Bertz CT molecular complexity index is 187. The number of hydrogen-bond acceptors (Lipinski definition) is 3. The molecule has 2 saturated heterocycles. The van der Waals surface area contributed by atoms with Gasteiger partial charge in [0.05, 0.1) is 6.04 Å². The van der Waals surface area contributed by atoms with Crippen LogP contribution in [0.25, 0.3) is 0 Å². The van der Waals surface area contributed by atoms with Gasteiger partial charge in [-0.25, -0.2) is 9.21 Å². The van der Waals surface area contributed by atoms with Crippen LogP contribution >= 0.6 is 11.8 Å². The molecule has 0 aromatic rings. The second-order valence-electron chi connectivity index (χ2n) is 2.79. The van der Waals surface area contributed by atoms with Crippen molar-refractivity contribution in [3.05, 3.63) is 0 Å². The zero-order valence-electron chi connectivity index (χ0n) is 5.99. The van der Waals surface area contributed by atoms with Crippen LogP contribution < -0.4 is 0 Å². The molecule has 62 valence electrons. The third-order valence-electron chi connectivity index (χ3n) is 2.07. The summed E-state index contributed by atoms with van der Waals surface area (Å²) in [5.74, 6) is 0. The predicted octanol–water partition coefficient (Wildman–Crippen LogP) is 0.277. The summed E-state index contributed by atoms with van der Waals surface area (Å²) in [6, 6.07) is 0.175. The molecule has 0 radical (unpaired) electrons. The van der Waals surface area contributed by atoms with Gasteiger partial charge in [-0.3, -0.25) is 4.90 Å². The Kier molecular flexibility index (Phi) is 1.65. The van der Waals surface area contributed by atoms with Crippen LogP contribution in [0.1, 0.15) is 0 Å². The number of nitrogens with zero attached hydrogens (tertiary/aromatic N) is 2. The van der Waals surface area contributed by atoms with E-state index in [1.807, 2.05) is 0 Å². The lowest BCUT2D eigenvalue weighted by atomic mass is 10.2. The number of hydrogen-bond donors (Lipinski definition) is 0. The van der Waals surface area contributed by atoms with Gasteiger partial charge >= 0.3 is 6.09 Å². The van der Waals surface area contributed by atoms with E-state index >= 15 is 0 Å². The van der Waals surface area contributed by atoms with Crippen molar-refractivity contribution in [3.8, 4) is 0 Å². The van der Waals surface area contributed by atoms with Crippen molar-refractivity contribution in [3.63, 3.8) is 0 Å². The fourth-order valence-corrected chi connectivity index (χ4v) is 1.69. The van der Waals surface area contributed by atoms with E-state index < -0.39 is 0 Å². The van der Waals surface area contributed by atoms with Crippen molar-refractivity contribution >= 4 is 17.9 Å². The Morgan fingerprint density at radius 1 is 1.55 bits per heavy atom. The number of ether oxygens (including phenoxy) is 1. The summed E-state index contributed by atoms with van der Waals surface area (Å²) in [4.78, 5) is 12.7. The highest BCUT2D eigenvalue weighted by Crippen LogP contribution is 2.18. The number of halogens is 1.